The lowest BCUT2D eigenvalue weighted by Gasteiger charge is -2.47. The molecule has 2 aliphatic heterocycles. The van der Waals surface area contributed by atoms with Gasteiger partial charge in [0.15, 0.2) is 11.6 Å². The van der Waals surface area contributed by atoms with Gasteiger partial charge in [-0.15, -0.1) is 0 Å². The molecule has 32 heavy (non-hydrogen) atoms. The van der Waals surface area contributed by atoms with Crippen LogP contribution >= 0.6 is 0 Å². The lowest BCUT2D eigenvalue weighted by atomic mass is 9.75. The first-order valence-corrected chi connectivity index (χ1v) is 11.0. The van der Waals surface area contributed by atoms with Crippen LogP contribution in [-0.4, -0.2) is 49.5 Å². The third-order valence-electron chi connectivity index (χ3n) is 6.88. The van der Waals surface area contributed by atoms with Crippen LogP contribution in [0, 0.1) is 18.7 Å². The van der Waals surface area contributed by atoms with Gasteiger partial charge in [-0.1, -0.05) is 6.07 Å². The predicted molar refractivity (Wildman–Crippen MR) is 122 cm³/mol. The normalized spacial score (nSPS) is 25.3. The van der Waals surface area contributed by atoms with E-state index in [2.05, 4.69) is 17.6 Å². The third kappa shape index (κ3) is 4.21. The number of hydrogen-bond acceptors (Lipinski definition) is 4. The monoisotopic (exact) mass is 439 g/mol. The summed E-state index contributed by atoms with van der Waals surface area (Å²) in [5.41, 5.74) is 2.72. The van der Waals surface area contributed by atoms with E-state index in [1.54, 1.807) is 6.07 Å². The van der Waals surface area contributed by atoms with Crippen LogP contribution in [0.2, 0.25) is 0 Å². The van der Waals surface area contributed by atoms with E-state index in [0.717, 1.165) is 36.6 Å². The number of likely N-dealkylation sites (tertiary alicyclic amines) is 1. The minimum Gasteiger partial charge on any atom is -0.494 e. The molecular weight excluding hydrogens is 409 g/mol. The summed E-state index contributed by atoms with van der Waals surface area (Å²) >= 11 is 0. The van der Waals surface area contributed by atoms with Crippen LogP contribution in [-0.2, 0) is 4.79 Å². The molecule has 7 heteroatoms. The molecule has 2 aliphatic rings. The summed E-state index contributed by atoms with van der Waals surface area (Å²) in [5.74, 6) is -0.636. The van der Waals surface area contributed by atoms with Crippen molar-refractivity contribution in [3.8, 4) is 5.75 Å². The Bertz CT molecular complexity index is 1040. The number of rotatable bonds is 4. The van der Waals surface area contributed by atoms with Crippen molar-refractivity contribution in [1.82, 2.24) is 10.2 Å². The SMILES string of the molecule is COc1ccc(C(=O)Nc2ccc(C)c(C3CC4CNC(C)CC4N(C)C3=O)c2)cc1F. The molecule has 170 valence electrons. The van der Waals surface area contributed by atoms with Gasteiger partial charge in [-0.05, 0) is 74.1 Å². The smallest absolute Gasteiger partial charge is 0.255 e. The van der Waals surface area contributed by atoms with Crippen LogP contribution in [0.1, 0.15) is 47.2 Å². The number of fused-ring (bicyclic) bond motifs is 1. The van der Waals surface area contributed by atoms with Gasteiger partial charge in [0.2, 0.25) is 5.91 Å². The number of ether oxygens (including phenoxy) is 1. The van der Waals surface area contributed by atoms with Gasteiger partial charge < -0.3 is 20.3 Å². The zero-order valence-electron chi connectivity index (χ0n) is 18.9. The number of nitrogens with one attached hydrogen (secondary N) is 2. The van der Waals surface area contributed by atoms with Gasteiger partial charge in [-0.3, -0.25) is 9.59 Å². The number of hydrogen-bond donors (Lipinski definition) is 2. The van der Waals surface area contributed by atoms with Crippen LogP contribution in [0.5, 0.6) is 5.75 Å². The van der Waals surface area contributed by atoms with Crippen molar-refractivity contribution in [3.05, 3.63) is 58.9 Å². The van der Waals surface area contributed by atoms with Crippen LogP contribution in [0.15, 0.2) is 36.4 Å². The summed E-state index contributed by atoms with van der Waals surface area (Å²) < 4.78 is 18.9. The highest BCUT2D eigenvalue weighted by Gasteiger charge is 2.43. The minimum atomic E-state index is -0.592. The zero-order chi connectivity index (χ0) is 23.0. The second-order valence-electron chi connectivity index (χ2n) is 8.98. The van der Waals surface area contributed by atoms with Crippen LogP contribution in [0.3, 0.4) is 0 Å². The van der Waals surface area contributed by atoms with Gasteiger partial charge >= 0.3 is 0 Å². The van der Waals surface area contributed by atoms with E-state index in [1.165, 1.54) is 19.2 Å². The summed E-state index contributed by atoms with van der Waals surface area (Å²) in [6, 6.07) is 10.4. The van der Waals surface area contributed by atoms with Crippen molar-refractivity contribution in [3.63, 3.8) is 0 Å². The quantitative estimate of drug-likeness (QED) is 0.762. The largest absolute Gasteiger partial charge is 0.494 e. The zero-order valence-corrected chi connectivity index (χ0v) is 18.9. The molecule has 6 nitrogen and oxygen atoms in total. The number of nitrogens with zero attached hydrogens (tertiary/aromatic N) is 1. The number of amides is 2. The molecule has 0 spiro atoms. The second kappa shape index (κ2) is 8.90. The number of carbonyl (C=O) groups excluding carboxylic acids is 2. The third-order valence-corrected chi connectivity index (χ3v) is 6.88. The fourth-order valence-corrected chi connectivity index (χ4v) is 5.02. The fourth-order valence-electron chi connectivity index (χ4n) is 5.02. The molecule has 0 saturated carbocycles. The molecule has 2 amide bonds. The van der Waals surface area contributed by atoms with Crippen LogP contribution in [0.25, 0.3) is 0 Å². The number of likely N-dealkylation sites (N-methyl/N-ethyl adjacent to an activating group) is 1. The standard InChI is InChI=1S/C25H30FN3O3/c1-14-5-7-18(28-24(30)16-6-8-23(32-4)21(26)11-16)12-19(14)20-10-17-13-27-15(2)9-22(17)29(3)25(20)31/h5-8,11-12,15,17,20,22,27H,9-10,13H2,1-4H3,(H,28,30). The van der Waals surface area contributed by atoms with Crippen molar-refractivity contribution >= 4 is 17.5 Å². The Hall–Kier alpha value is -2.93. The van der Waals surface area contributed by atoms with E-state index in [0.29, 0.717) is 17.6 Å². The Balaban J connectivity index is 1.56. The lowest BCUT2D eigenvalue weighted by Crippen LogP contribution is -2.57. The highest BCUT2D eigenvalue weighted by Crippen LogP contribution is 2.39. The van der Waals surface area contributed by atoms with E-state index in [4.69, 9.17) is 4.74 Å². The summed E-state index contributed by atoms with van der Waals surface area (Å²) in [7, 11) is 3.28. The number of piperidine rings is 2. The number of benzene rings is 2. The Kier molecular flexibility index (Phi) is 6.20. The molecule has 2 heterocycles. The minimum absolute atomic E-state index is 0.0870. The van der Waals surface area contributed by atoms with Gasteiger partial charge in [0.05, 0.1) is 13.0 Å². The molecule has 2 aromatic carbocycles. The van der Waals surface area contributed by atoms with Crippen molar-refractivity contribution in [2.45, 2.75) is 44.7 Å². The predicted octanol–water partition coefficient (Wildman–Crippen LogP) is 3.71. The number of anilines is 1. The molecular formula is C25H30FN3O3. The van der Waals surface area contributed by atoms with Gasteiger partial charge in [-0.2, -0.15) is 0 Å². The fraction of sp³-hybridized carbons (Fsp3) is 0.440. The Labute approximate surface area is 188 Å². The number of methoxy groups -OCH3 is 1. The first-order valence-electron chi connectivity index (χ1n) is 11.0. The molecule has 2 N–H and O–H groups in total. The van der Waals surface area contributed by atoms with E-state index in [1.807, 2.05) is 31.0 Å². The molecule has 2 saturated heterocycles. The average Bonchev–Trinajstić information content (AvgIpc) is 2.78. The average molecular weight is 440 g/mol. The summed E-state index contributed by atoms with van der Waals surface area (Å²) in [6.45, 7) is 5.05. The van der Waals surface area contributed by atoms with Crippen LogP contribution in [0.4, 0.5) is 10.1 Å². The molecule has 0 aliphatic carbocycles. The highest BCUT2D eigenvalue weighted by molar-refractivity contribution is 6.04. The molecule has 4 atom stereocenters. The van der Waals surface area contributed by atoms with Crippen molar-refractivity contribution in [2.24, 2.45) is 5.92 Å². The number of carbonyl (C=O) groups is 2. The highest BCUT2D eigenvalue weighted by atomic mass is 19.1. The van der Waals surface area contributed by atoms with E-state index in [9.17, 15) is 14.0 Å². The first-order chi connectivity index (χ1) is 15.3. The topological polar surface area (TPSA) is 70.7 Å². The van der Waals surface area contributed by atoms with E-state index < -0.39 is 11.7 Å². The number of aryl methyl sites for hydroxylation is 1. The summed E-state index contributed by atoms with van der Waals surface area (Å²) in [4.78, 5) is 27.8. The van der Waals surface area contributed by atoms with Crippen molar-refractivity contribution in [1.29, 1.82) is 0 Å². The number of halogens is 1. The molecule has 2 aromatic rings. The van der Waals surface area contributed by atoms with Gasteiger partial charge in [0.25, 0.3) is 5.91 Å². The maximum atomic E-state index is 14.0. The molecule has 0 aromatic heterocycles. The summed E-state index contributed by atoms with van der Waals surface area (Å²) in [6.07, 6.45) is 1.75. The Morgan fingerprint density at radius 1 is 1.22 bits per heavy atom. The van der Waals surface area contributed by atoms with E-state index >= 15 is 0 Å². The van der Waals surface area contributed by atoms with Crippen LogP contribution < -0.4 is 15.4 Å². The molecule has 0 radical (unpaired) electrons. The lowest BCUT2D eigenvalue weighted by molar-refractivity contribution is -0.140. The Morgan fingerprint density at radius 2 is 2.00 bits per heavy atom. The molecule has 2 fully saturated rings. The first kappa shape index (κ1) is 22.3. The van der Waals surface area contributed by atoms with Crippen molar-refractivity contribution in [2.75, 3.05) is 26.0 Å². The van der Waals surface area contributed by atoms with E-state index in [-0.39, 0.29) is 29.2 Å². The van der Waals surface area contributed by atoms with Gasteiger partial charge in [0.1, 0.15) is 0 Å². The van der Waals surface area contributed by atoms with Gasteiger partial charge in [-0.25, -0.2) is 4.39 Å². The maximum absolute atomic E-state index is 14.0. The molecule has 4 rings (SSSR count). The molecule has 4 unspecified atom stereocenters. The van der Waals surface area contributed by atoms with Gasteiger partial charge in [0, 0.05) is 36.9 Å². The summed E-state index contributed by atoms with van der Waals surface area (Å²) in [5, 5.41) is 6.37. The van der Waals surface area contributed by atoms with Crippen molar-refractivity contribution < 1.29 is 18.7 Å². The second-order valence-corrected chi connectivity index (χ2v) is 8.98. The maximum Gasteiger partial charge on any atom is 0.255 e. The Morgan fingerprint density at radius 3 is 2.72 bits per heavy atom. The molecule has 0 bridgehead atoms.